The van der Waals surface area contributed by atoms with E-state index in [1.807, 2.05) is 31.2 Å². The van der Waals surface area contributed by atoms with Gasteiger partial charge in [0, 0.05) is 23.8 Å². The molecule has 1 saturated heterocycles. The average molecular weight is 372 g/mol. The summed E-state index contributed by atoms with van der Waals surface area (Å²) in [6, 6.07) is 14.3. The maximum atomic E-state index is 12.6. The number of carbonyl (C=O) groups excluding carboxylic acids is 2. The van der Waals surface area contributed by atoms with Crippen LogP contribution in [-0.4, -0.2) is 29.4 Å². The molecule has 1 fully saturated rings. The zero-order valence-corrected chi connectivity index (χ0v) is 15.4. The molecule has 0 unspecified atom stereocenters. The zero-order chi connectivity index (χ0) is 18.5. The van der Waals surface area contributed by atoms with E-state index >= 15 is 0 Å². The Balaban J connectivity index is 1.58. The first-order valence-corrected chi connectivity index (χ1v) is 9.07. The van der Waals surface area contributed by atoms with Gasteiger partial charge >= 0.3 is 6.03 Å². The lowest BCUT2D eigenvalue weighted by molar-refractivity contribution is -0.124. The fourth-order valence-electron chi connectivity index (χ4n) is 3.06. The van der Waals surface area contributed by atoms with Crippen LogP contribution in [0.4, 0.5) is 10.5 Å². The monoisotopic (exact) mass is 371 g/mol. The van der Waals surface area contributed by atoms with E-state index in [-0.39, 0.29) is 11.9 Å². The molecule has 3 amide bonds. The predicted octanol–water partition coefficient (Wildman–Crippen LogP) is 3.96. The second-order valence-electron chi connectivity index (χ2n) is 6.50. The van der Waals surface area contributed by atoms with Crippen molar-refractivity contribution >= 4 is 29.2 Å². The molecule has 0 spiro atoms. The van der Waals surface area contributed by atoms with Crippen molar-refractivity contribution in [3.63, 3.8) is 0 Å². The van der Waals surface area contributed by atoms with Crippen molar-refractivity contribution < 1.29 is 9.59 Å². The highest BCUT2D eigenvalue weighted by Gasteiger charge is 2.34. The minimum absolute atomic E-state index is 0.121. The van der Waals surface area contributed by atoms with Gasteiger partial charge in [0.25, 0.3) is 0 Å². The highest BCUT2D eigenvalue weighted by Crippen LogP contribution is 2.21. The van der Waals surface area contributed by atoms with Crippen molar-refractivity contribution in [2.45, 2.75) is 32.4 Å². The van der Waals surface area contributed by atoms with E-state index in [4.69, 9.17) is 11.6 Å². The summed E-state index contributed by atoms with van der Waals surface area (Å²) >= 11 is 5.95. The summed E-state index contributed by atoms with van der Waals surface area (Å²) in [6.07, 6.45) is 1.48. The summed E-state index contributed by atoms with van der Waals surface area (Å²) in [5.41, 5.74) is 2.84. The number of halogens is 1. The number of benzene rings is 2. The van der Waals surface area contributed by atoms with Gasteiger partial charge in [0.1, 0.15) is 6.04 Å². The van der Waals surface area contributed by atoms with Crippen molar-refractivity contribution in [1.82, 2.24) is 10.2 Å². The van der Waals surface area contributed by atoms with Crippen molar-refractivity contribution in [3.8, 4) is 0 Å². The maximum Gasteiger partial charge on any atom is 0.322 e. The van der Waals surface area contributed by atoms with E-state index < -0.39 is 6.04 Å². The molecule has 6 heteroatoms. The summed E-state index contributed by atoms with van der Waals surface area (Å²) in [4.78, 5) is 26.7. The third-order valence-corrected chi connectivity index (χ3v) is 4.71. The summed E-state index contributed by atoms with van der Waals surface area (Å²) < 4.78 is 0. The van der Waals surface area contributed by atoms with Gasteiger partial charge in [-0.1, -0.05) is 47.5 Å². The fraction of sp³-hybridized carbons (Fsp3) is 0.300. The second-order valence-corrected chi connectivity index (χ2v) is 6.93. The Kier molecular flexibility index (Phi) is 5.78. The van der Waals surface area contributed by atoms with Crippen LogP contribution in [0.2, 0.25) is 5.02 Å². The molecule has 2 N–H and O–H groups in total. The molecule has 0 bridgehead atoms. The number of aryl methyl sites for hydroxylation is 1. The molecule has 0 aromatic heterocycles. The topological polar surface area (TPSA) is 61.4 Å². The number of anilines is 1. The van der Waals surface area contributed by atoms with Gasteiger partial charge in [-0.25, -0.2) is 4.79 Å². The van der Waals surface area contributed by atoms with Crippen LogP contribution in [0.3, 0.4) is 0 Å². The SMILES string of the molecule is Cc1ccc(CNC(=O)[C@@H]2CCCN2C(=O)Nc2cccc(Cl)c2)cc1. The number of nitrogens with zero attached hydrogens (tertiary/aromatic N) is 1. The van der Waals surface area contributed by atoms with Crippen LogP contribution in [0.25, 0.3) is 0 Å². The number of amides is 3. The molecule has 2 aromatic rings. The Hall–Kier alpha value is -2.53. The molecule has 0 aliphatic carbocycles. The Bertz CT molecular complexity index is 792. The van der Waals surface area contributed by atoms with Crippen LogP contribution in [0.1, 0.15) is 24.0 Å². The van der Waals surface area contributed by atoms with Gasteiger partial charge in [-0.3, -0.25) is 4.79 Å². The van der Waals surface area contributed by atoms with Crippen LogP contribution in [0.15, 0.2) is 48.5 Å². The maximum absolute atomic E-state index is 12.6. The summed E-state index contributed by atoms with van der Waals surface area (Å²) in [7, 11) is 0. The number of hydrogen-bond donors (Lipinski definition) is 2. The molecule has 0 radical (unpaired) electrons. The largest absolute Gasteiger partial charge is 0.350 e. The molecule has 5 nitrogen and oxygen atoms in total. The summed E-state index contributed by atoms with van der Waals surface area (Å²) in [5.74, 6) is -0.121. The molecular weight excluding hydrogens is 350 g/mol. The van der Waals surface area contributed by atoms with Crippen molar-refractivity contribution in [1.29, 1.82) is 0 Å². The molecule has 0 saturated carbocycles. The van der Waals surface area contributed by atoms with Crippen molar-refractivity contribution in [2.24, 2.45) is 0 Å². The molecule has 2 aromatic carbocycles. The van der Waals surface area contributed by atoms with E-state index in [9.17, 15) is 9.59 Å². The lowest BCUT2D eigenvalue weighted by Gasteiger charge is -2.24. The van der Waals surface area contributed by atoms with Crippen LogP contribution >= 0.6 is 11.6 Å². The number of rotatable bonds is 4. The van der Waals surface area contributed by atoms with Gasteiger partial charge < -0.3 is 15.5 Å². The van der Waals surface area contributed by atoms with Crippen molar-refractivity contribution in [2.75, 3.05) is 11.9 Å². The first-order valence-electron chi connectivity index (χ1n) is 8.69. The van der Waals surface area contributed by atoms with Crippen molar-refractivity contribution in [3.05, 3.63) is 64.7 Å². The van der Waals surface area contributed by atoms with E-state index in [1.165, 1.54) is 5.56 Å². The minimum Gasteiger partial charge on any atom is -0.350 e. The molecule has 1 atom stereocenters. The van der Waals surface area contributed by atoms with Gasteiger partial charge in [-0.05, 0) is 43.5 Å². The summed E-state index contributed by atoms with van der Waals surface area (Å²) in [6.45, 7) is 3.05. The molecule has 3 rings (SSSR count). The summed E-state index contributed by atoms with van der Waals surface area (Å²) in [5, 5.41) is 6.30. The lowest BCUT2D eigenvalue weighted by atomic mass is 10.1. The van der Waals surface area contributed by atoms with E-state index in [0.717, 1.165) is 12.0 Å². The number of likely N-dealkylation sites (tertiary alicyclic amines) is 1. The minimum atomic E-state index is -0.445. The normalized spacial score (nSPS) is 16.4. The molecule has 1 aliphatic rings. The molecule has 1 heterocycles. The first-order chi connectivity index (χ1) is 12.5. The number of carbonyl (C=O) groups is 2. The van der Waals surface area contributed by atoms with Gasteiger partial charge in [-0.15, -0.1) is 0 Å². The molecular formula is C20H22ClN3O2. The standard InChI is InChI=1S/C20H22ClN3O2/c1-14-7-9-15(10-8-14)13-22-19(25)18-6-3-11-24(18)20(26)23-17-5-2-4-16(21)12-17/h2,4-5,7-10,12,18H,3,6,11,13H2,1H3,(H,22,25)(H,23,26)/t18-/m0/s1. The quantitative estimate of drug-likeness (QED) is 0.854. The number of nitrogens with one attached hydrogen (secondary N) is 2. The Labute approximate surface area is 158 Å². The van der Waals surface area contributed by atoms with Crippen LogP contribution < -0.4 is 10.6 Å². The number of hydrogen-bond acceptors (Lipinski definition) is 2. The third-order valence-electron chi connectivity index (χ3n) is 4.48. The Morgan fingerprint density at radius 2 is 1.96 bits per heavy atom. The lowest BCUT2D eigenvalue weighted by Crippen LogP contribution is -2.47. The highest BCUT2D eigenvalue weighted by molar-refractivity contribution is 6.30. The average Bonchev–Trinajstić information content (AvgIpc) is 3.11. The van der Waals surface area contributed by atoms with Crippen LogP contribution in [0.5, 0.6) is 0 Å². The molecule has 26 heavy (non-hydrogen) atoms. The van der Waals surface area contributed by atoms with Crippen LogP contribution in [0, 0.1) is 6.92 Å². The second kappa shape index (κ2) is 8.23. The van der Waals surface area contributed by atoms with Gasteiger partial charge in [0.2, 0.25) is 5.91 Å². The Morgan fingerprint density at radius 3 is 2.69 bits per heavy atom. The number of urea groups is 1. The van der Waals surface area contributed by atoms with Gasteiger partial charge in [0.15, 0.2) is 0 Å². The van der Waals surface area contributed by atoms with Crippen LogP contribution in [-0.2, 0) is 11.3 Å². The van der Waals surface area contributed by atoms with Gasteiger partial charge in [-0.2, -0.15) is 0 Å². The predicted molar refractivity (Wildman–Crippen MR) is 103 cm³/mol. The van der Waals surface area contributed by atoms with E-state index in [1.54, 1.807) is 29.2 Å². The highest BCUT2D eigenvalue weighted by atomic mass is 35.5. The zero-order valence-electron chi connectivity index (χ0n) is 14.7. The molecule has 1 aliphatic heterocycles. The fourth-order valence-corrected chi connectivity index (χ4v) is 3.25. The van der Waals surface area contributed by atoms with E-state index in [2.05, 4.69) is 10.6 Å². The first kappa shape index (κ1) is 18.3. The Morgan fingerprint density at radius 1 is 1.19 bits per heavy atom. The molecule has 136 valence electrons. The smallest absolute Gasteiger partial charge is 0.322 e. The van der Waals surface area contributed by atoms with Gasteiger partial charge in [0.05, 0.1) is 0 Å². The third kappa shape index (κ3) is 4.55. The van der Waals surface area contributed by atoms with E-state index in [0.29, 0.717) is 30.2 Å².